The van der Waals surface area contributed by atoms with Crippen LogP contribution in [0.15, 0.2) is 36.0 Å². The summed E-state index contributed by atoms with van der Waals surface area (Å²) in [6.07, 6.45) is 11.6. The molecule has 18 heavy (non-hydrogen) atoms. The van der Waals surface area contributed by atoms with Gasteiger partial charge in [0.25, 0.3) is 0 Å². The van der Waals surface area contributed by atoms with E-state index in [4.69, 9.17) is 0 Å². The topological polar surface area (TPSA) is 0 Å². The standard InChI is InChI=1S/C18H30/c1-8-10-14(4)17(16(6)13(3)9-2)18(7)12-11-15(18)5/h8-12,14-17H,1-7H3/b10-8?,13-9+. The van der Waals surface area contributed by atoms with Crippen molar-refractivity contribution < 1.29 is 0 Å². The van der Waals surface area contributed by atoms with Crippen LogP contribution < -0.4 is 0 Å². The van der Waals surface area contributed by atoms with Crippen LogP contribution in [-0.2, 0) is 0 Å². The van der Waals surface area contributed by atoms with Gasteiger partial charge in [-0.3, -0.25) is 0 Å². The largest absolute Gasteiger partial charge is 0.0914 e. The average molecular weight is 246 g/mol. The maximum atomic E-state index is 2.43. The Kier molecular flexibility index (Phi) is 5.01. The van der Waals surface area contributed by atoms with Gasteiger partial charge in [-0.1, -0.05) is 63.6 Å². The fourth-order valence-corrected chi connectivity index (χ4v) is 3.54. The molecule has 0 aliphatic heterocycles. The van der Waals surface area contributed by atoms with Crippen LogP contribution in [0.1, 0.15) is 48.5 Å². The summed E-state index contributed by atoms with van der Waals surface area (Å²) in [6.45, 7) is 16.1. The van der Waals surface area contributed by atoms with Crippen LogP contribution in [-0.4, -0.2) is 0 Å². The summed E-state index contributed by atoms with van der Waals surface area (Å²) in [5, 5.41) is 0. The Morgan fingerprint density at radius 3 is 2.22 bits per heavy atom. The molecular formula is C18H30. The molecule has 0 aromatic heterocycles. The monoisotopic (exact) mass is 246 g/mol. The summed E-state index contributed by atoms with van der Waals surface area (Å²) in [5.74, 6) is 2.64. The van der Waals surface area contributed by atoms with Crippen molar-refractivity contribution in [3.05, 3.63) is 36.0 Å². The highest BCUT2D eigenvalue weighted by Crippen LogP contribution is 2.52. The zero-order valence-electron chi connectivity index (χ0n) is 13.2. The Morgan fingerprint density at radius 1 is 1.28 bits per heavy atom. The highest BCUT2D eigenvalue weighted by Gasteiger charge is 2.45. The smallest absolute Gasteiger partial charge is 0.00470 e. The first kappa shape index (κ1) is 15.3. The number of hydrogen-bond donors (Lipinski definition) is 0. The predicted octanol–water partition coefficient (Wildman–Crippen LogP) is 5.63. The van der Waals surface area contributed by atoms with Crippen LogP contribution in [0.4, 0.5) is 0 Å². The van der Waals surface area contributed by atoms with E-state index in [0.717, 1.165) is 0 Å². The second kappa shape index (κ2) is 5.91. The lowest BCUT2D eigenvalue weighted by Crippen LogP contribution is -2.43. The SMILES string of the molecule is CC=CC(C)C(C(C)/C(C)=C/C)C1(C)C=CC1C. The molecule has 0 saturated carbocycles. The van der Waals surface area contributed by atoms with Crippen LogP contribution in [0.25, 0.3) is 0 Å². The lowest BCUT2D eigenvalue weighted by Gasteiger charge is -2.50. The molecule has 0 heteroatoms. The number of hydrogen-bond acceptors (Lipinski definition) is 0. The lowest BCUT2D eigenvalue weighted by molar-refractivity contribution is 0.0947. The van der Waals surface area contributed by atoms with Crippen molar-refractivity contribution in [2.45, 2.75) is 48.5 Å². The Hall–Kier alpha value is -0.780. The molecule has 1 aliphatic rings. The minimum Gasteiger partial charge on any atom is -0.0914 e. The predicted molar refractivity (Wildman–Crippen MR) is 82.5 cm³/mol. The van der Waals surface area contributed by atoms with E-state index in [1.807, 2.05) is 0 Å². The van der Waals surface area contributed by atoms with E-state index < -0.39 is 0 Å². The van der Waals surface area contributed by atoms with Crippen molar-refractivity contribution in [2.24, 2.45) is 29.1 Å². The van der Waals surface area contributed by atoms with Gasteiger partial charge in [-0.05, 0) is 49.9 Å². The minimum atomic E-state index is 0.350. The van der Waals surface area contributed by atoms with E-state index in [0.29, 0.717) is 29.1 Å². The number of rotatable bonds is 5. The minimum absolute atomic E-state index is 0.350. The van der Waals surface area contributed by atoms with Gasteiger partial charge in [0.15, 0.2) is 0 Å². The van der Waals surface area contributed by atoms with Crippen LogP contribution >= 0.6 is 0 Å². The van der Waals surface area contributed by atoms with Crippen LogP contribution in [0.5, 0.6) is 0 Å². The van der Waals surface area contributed by atoms with Gasteiger partial charge in [0.1, 0.15) is 0 Å². The molecule has 0 aromatic carbocycles. The second-order valence-corrected chi connectivity index (χ2v) is 6.25. The van der Waals surface area contributed by atoms with Gasteiger partial charge < -0.3 is 0 Å². The van der Waals surface area contributed by atoms with Gasteiger partial charge in [0.05, 0.1) is 0 Å². The third-order valence-electron chi connectivity index (χ3n) is 5.22. The summed E-state index contributed by atoms with van der Waals surface area (Å²) < 4.78 is 0. The summed E-state index contributed by atoms with van der Waals surface area (Å²) in [5.41, 5.74) is 1.87. The first-order valence-electron chi connectivity index (χ1n) is 7.33. The molecule has 0 fully saturated rings. The summed E-state index contributed by atoms with van der Waals surface area (Å²) in [6, 6.07) is 0. The summed E-state index contributed by atoms with van der Waals surface area (Å²) in [4.78, 5) is 0. The van der Waals surface area contributed by atoms with Crippen molar-refractivity contribution in [1.82, 2.24) is 0 Å². The van der Waals surface area contributed by atoms with E-state index in [2.05, 4.69) is 78.8 Å². The normalized spacial score (nSPS) is 33.3. The van der Waals surface area contributed by atoms with Crippen molar-refractivity contribution in [1.29, 1.82) is 0 Å². The van der Waals surface area contributed by atoms with Crippen molar-refractivity contribution >= 4 is 0 Å². The first-order valence-corrected chi connectivity index (χ1v) is 7.33. The molecule has 0 nitrogen and oxygen atoms in total. The molecule has 5 atom stereocenters. The highest BCUT2D eigenvalue weighted by molar-refractivity contribution is 5.22. The van der Waals surface area contributed by atoms with Crippen molar-refractivity contribution in [2.75, 3.05) is 0 Å². The molecule has 5 unspecified atom stereocenters. The average Bonchev–Trinajstić information content (AvgIpc) is 2.36. The van der Waals surface area contributed by atoms with Crippen molar-refractivity contribution in [3.8, 4) is 0 Å². The molecule has 0 spiro atoms. The molecule has 0 saturated heterocycles. The Balaban J connectivity index is 3.07. The summed E-state index contributed by atoms with van der Waals surface area (Å²) >= 11 is 0. The van der Waals surface area contributed by atoms with Crippen LogP contribution in [0.2, 0.25) is 0 Å². The Bertz CT molecular complexity index is 358. The van der Waals surface area contributed by atoms with Gasteiger partial charge in [-0.2, -0.15) is 0 Å². The van der Waals surface area contributed by atoms with Gasteiger partial charge >= 0.3 is 0 Å². The quantitative estimate of drug-likeness (QED) is 0.551. The molecule has 0 bridgehead atoms. The van der Waals surface area contributed by atoms with Gasteiger partial charge in [-0.15, -0.1) is 0 Å². The maximum Gasteiger partial charge on any atom is -0.00470 e. The van der Waals surface area contributed by atoms with E-state index in [-0.39, 0.29) is 0 Å². The fraction of sp³-hybridized carbons (Fsp3) is 0.667. The molecule has 1 rings (SSSR count). The first-order chi connectivity index (χ1) is 8.38. The highest BCUT2D eigenvalue weighted by atomic mass is 14.5. The number of allylic oxidation sites excluding steroid dienone is 6. The molecule has 0 amide bonds. The van der Waals surface area contributed by atoms with Crippen LogP contribution in [0, 0.1) is 29.1 Å². The summed E-state index contributed by atoms with van der Waals surface area (Å²) in [7, 11) is 0. The third-order valence-corrected chi connectivity index (χ3v) is 5.22. The molecule has 102 valence electrons. The van der Waals surface area contributed by atoms with Crippen LogP contribution in [0.3, 0.4) is 0 Å². The van der Waals surface area contributed by atoms with E-state index in [1.54, 1.807) is 0 Å². The zero-order chi connectivity index (χ0) is 13.9. The fourth-order valence-electron chi connectivity index (χ4n) is 3.54. The third kappa shape index (κ3) is 2.63. The van der Waals surface area contributed by atoms with Crippen molar-refractivity contribution in [3.63, 3.8) is 0 Å². The molecule has 0 N–H and O–H groups in total. The van der Waals surface area contributed by atoms with Gasteiger partial charge in [-0.25, -0.2) is 0 Å². The Morgan fingerprint density at radius 2 is 1.89 bits per heavy atom. The molecule has 0 aromatic rings. The zero-order valence-corrected chi connectivity index (χ0v) is 13.2. The Labute approximate surface area is 114 Å². The molecule has 0 heterocycles. The van der Waals surface area contributed by atoms with E-state index >= 15 is 0 Å². The second-order valence-electron chi connectivity index (χ2n) is 6.25. The van der Waals surface area contributed by atoms with E-state index in [1.165, 1.54) is 5.57 Å². The molecule has 0 radical (unpaired) electrons. The molecule has 1 aliphatic carbocycles. The van der Waals surface area contributed by atoms with Gasteiger partial charge in [0, 0.05) is 0 Å². The van der Waals surface area contributed by atoms with Gasteiger partial charge in [0.2, 0.25) is 0 Å². The maximum absolute atomic E-state index is 2.43. The van der Waals surface area contributed by atoms with E-state index in [9.17, 15) is 0 Å². The molecular weight excluding hydrogens is 216 g/mol. The lowest BCUT2D eigenvalue weighted by atomic mass is 9.54.